The molecular formula is C18H24BrN5O4S. The van der Waals surface area contributed by atoms with Crippen molar-refractivity contribution in [2.75, 3.05) is 13.6 Å². The Bertz CT molecular complexity index is 815. The van der Waals surface area contributed by atoms with Crippen molar-refractivity contribution in [1.82, 2.24) is 10.2 Å². The largest absolute Gasteiger partial charge is 0.481 e. The predicted octanol–water partition coefficient (Wildman–Crippen LogP) is 1.46. The molecule has 1 fully saturated rings. The molecule has 0 saturated carbocycles. The fourth-order valence-corrected chi connectivity index (χ4v) is 3.81. The number of thioether (sulfide) groups is 1. The maximum atomic E-state index is 12.4. The van der Waals surface area contributed by atoms with Crippen molar-refractivity contribution in [3.05, 3.63) is 35.4 Å². The summed E-state index contributed by atoms with van der Waals surface area (Å²) in [5, 5.41) is 18.7. The number of benzene rings is 1. The number of nitrogens with zero attached hydrogens (tertiary/aromatic N) is 2. The molecule has 1 saturated heterocycles. The van der Waals surface area contributed by atoms with Gasteiger partial charge in [-0.15, -0.1) is 17.0 Å². The molecule has 0 spiro atoms. The van der Waals surface area contributed by atoms with Crippen molar-refractivity contribution in [2.45, 2.75) is 31.1 Å². The monoisotopic (exact) mass is 485 g/mol. The summed E-state index contributed by atoms with van der Waals surface area (Å²) in [7, 11) is 1.76. The van der Waals surface area contributed by atoms with Gasteiger partial charge >= 0.3 is 5.97 Å². The Morgan fingerprint density at radius 1 is 1.28 bits per heavy atom. The van der Waals surface area contributed by atoms with Crippen LogP contribution in [-0.2, 0) is 9.59 Å². The smallest absolute Gasteiger partial charge is 0.303 e. The minimum Gasteiger partial charge on any atom is -0.481 e. The number of nitrogens with one attached hydrogen (secondary N) is 2. The summed E-state index contributed by atoms with van der Waals surface area (Å²) in [6.07, 6.45) is 0.357. The van der Waals surface area contributed by atoms with Gasteiger partial charge in [-0.05, 0) is 25.5 Å². The molecule has 5 N–H and O–H groups in total. The van der Waals surface area contributed by atoms with Crippen LogP contribution in [0.3, 0.4) is 0 Å². The van der Waals surface area contributed by atoms with Crippen molar-refractivity contribution in [2.24, 2.45) is 10.7 Å². The van der Waals surface area contributed by atoms with E-state index in [1.165, 1.54) is 11.8 Å². The van der Waals surface area contributed by atoms with Crippen LogP contribution in [0.5, 0.6) is 0 Å². The number of carboxylic acid groups (broad SMARTS) is 1. The lowest BCUT2D eigenvalue weighted by atomic mass is 10.1. The molecule has 9 nitrogen and oxygen atoms in total. The van der Waals surface area contributed by atoms with Crippen molar-refractivity contribution in [1.29, 1.82) is 5.41 Å². The Balaban J connectivity index is 0.00000420. The van der Waals surface area contributed by atoms with E-state index in [1.807, 2.05) is 6.92 Å². The Morgan fingerprint density at radius 2 is 1.86 bits per heavy atom. The molecule has 0 aliphatic carbocycles. The number of hydrogen-bond donors (Lipinski definition) is 4. The number of halogens is 1. The number of amidine groups is 2. The van der Waals surface area contributed by atoms with Crippen LogP contribution in [0, 0.1) is 5.41 Å². The van der Waals surface area contributed by atoms with E-state index in [9.17, 15) is 14.4 Å². The van der Waals surface area contributed by atoms with E-state index in [-0.39, 0.29) is 47.7 Å². The highest BCUT2D eigenvalue weighted by Gasteiger charge is 2.39. The molecule has 1 aliphatic heterocycles. The van der Waals surface area contributed by atoms with E-state index in [1.54, 1.807) is 36.2 Å². The lowest BCUT2D eigenvalue weighted by molar-refractivity contribution is -0.137. The topological polar surface area (TPSA) is 149 Å². The van der Waals surface area contributed by atoms with Gasteiger partial charge in [-0.25, -0.2) is 0 Å². The third-order valence-corrected chi connectivity index (χ3v) is 5.80. The molecule has 2 atom stereocenters. The molecule has 29 heavy (non-hydrogen) atoms. The Labute approximate surface area is 183 Å². The number of carbonyl (C=O) groups is 3. The van der Waals surface area contributed by atoms with Gasteiger partial charge in [0.2, 0.25) is 5.91 Å². The Morgan fingerprint density at radius 3 is 2.41 bits per heavy atom. The molecule has 11 heteroatoms. The van der Waals surface area contributed by atoms with Crippen LogP contribution in [0.2, 0.25) is 0 Å². The quantitative estimate of drug-likeness (QED) is 0.259. The molecule has 2 unspecified atom stereocenters. The van der Waals surface area contributed by atoms with Crippen molar-refractivity contribution in [3.63, 3.8) is 0 Å². The van der Waals surface area contributed by atoms with E-state index >= 15 is 0 Å². The fourth-order valence-electron chi connectivity index (χ4n) is 2.55. The lowest BCUT2D eigenvalue weighted by Crippen LogP contribution is -2.41. The van der Waals surface area contributed by atoms with Gasteiger partial charge in [0.15, 0.2) is 5.17 Å². The van der Waals surface area contributed by atoms with Crippen molar-refractivity contribution < 1.29 is 19.5 Å². The summed E-state index contributed by atoms with van der Waals surface area (Å²) in [4.78, 5) is 41.2. The normalized spacial score (nSPS) is 19.5. The molecule has 2 amide bonds. The Kier molecular flexibility index (Phi) is 9.31. The molecular weight excluding hydrogens is 462 g/mol. The second kappa shape index (κ2) is 11.0. The van der Waals surface area contributed by atoms with E-state index in [2.05, 4.69) is 10.3 Å². The van der Waals surface area contributed by atoms with E-state index in [4.69, 9.17) is 16.2 Å². The highest BCUT2D eigenvalue weighted by Crippen LogP contribution is 2.31. The lowest BCUT2D eigenvalue weighted by Gasteiger charge is -2.19. The molecule has 1 heterocycles. The summed E-state index contributed by atoms with van der Waals surface area (Å²) >= 11 is 1.20. The Hall–Kier alpha value is -2.40. The van der Waals surface area contributed by atoms with Gasteiger partial charge in [0.1, 0.15) is 11.1 Å². The average Bonchev–Trinajstić information content (AvgIpc) is 2.93. The first-order valence-corrected chi connectivity index (χ1v) is 9.55. The number of amides is 2. The molecule has 1 aromatic rings. The van der Waals surface area contributed by atoms with Gasteiger partial charge in [-0.2, -0.15) is 4.99 Å². The first-order chi connectivity index (χ1) is 13.2. The summed E-state index contributed by atoms with van der Waals surface area (Å²) in [5.74, 6) is -1.64. The SMILES string of the molecule is Br.CC1C(C(=O)NCCCC(=O)O)SC(=NC(=O)c2ccc(C(=N)N)cc2)N1C. The minimum absolute atomic E-state index is 0. The van der Waals surface area contributed by atoms with Gasteiger partial charge in [0, 0.05) is 37.2 Å². The molecule has 1 aliphatic rings. The zero-order valence-electron chi connectivity index (χ0n) is 16.0. The molecule has 158 valence electrons. The number of hydrogen-bond acceptors (Lipinski definition) is 5. The second-order valence-corrected chi connectivity index (χ2v) is 7.48. The molecule has 0 aromatic heterocycles. The number of aliphatic imine (C=N–C) groups is 1. The van der Waals surface area contributed by atoms with Crippen LogP contribution in [0.15, 0.2) is 29.3 Å². The summed E-state index contributed by atoms with van der Waals surface area (Å²) < 4.78 is 0. The number of nitrogens with two attached hydrogens (primary N) is 1. The minimum atomic E-state index is -0.901. The third kappa shape index (κ3) is 6.57. The number of aliphatic carboxylic acids is 1. The van der Waals surface area contributed by atoms with Gasteiger partial charge < -0.3 is 21.1 Å². The van der Waals surface area contributed by atoms with Gasteiger partial charge in [-0.1, -0.05) is 23.9 Å². The van der Waals surface area contributed by atoms with Crippen LogP contribution in [0.1, 0.15) is 35.7 Å². The van der Waals surface area contributed by atoms with Crippen LogP contribution in [0.25, 0.3) is 0 Å². The zero-order chi connectivity index (χ0) is 20.8. The first kappa shape index (κ1) is 24.6. The highest BCUT2D eigenvalue weighted by molar-refractivity contribution is 8.93. The van der Waals surface area contributed by atoms with E-state index in [0.29, 0.717) is 22.7 Å². The maximum absolute atomic E-state index is 12.4. The molecule has 0 bridgehead atoms. The number of carboxylic acids is 1. The van der Waals surface area contributed by atoms with Crippen molar-refractivity contribution in [3.8, 4) is 0 Å². The van der Waals surface area contributed by atoms with Gasteiger partial charge in [-0.3, -0.25) is 19.8 Å². The maximum Gasteiger partial charge on any atom is 0.303 e. The third-order valence-electron chi connectivity index (χ3n) is 4.35. The van der Waals surface area contributed by atoms with Gasteiger partial charge in [0.25, 0.3) is 5.91 Å². The zero-order valence-corrected chi connectivity index (χ0v) is 18.6. The number of nitrogen functional groups attached to an aromatic ring is 1. The van der Waals surface area contributed by atoms with Gasteiger partial charge in [0.05, 0.1) is 0 Å². The molecule has 2 rings (SSSR count). The molecule has 0 radical (unpaired) electrons. The van der Waals surface area contributed by atoms with Crippen LogP contribution in [0.4, 0.5) is 0 Å². The van der Waals surface area contributed by atoms with E-state index in [0.717, 1.165) is 0 Å². The van der Waals surface area contributed by atoms with Crippen LogP contribution in [-0.4, -0.2) is 63.7 Å². The second-order valence-electron chi connectivity index (χ2n) is 6.37. The predicted molar refractivity (Wildman–Crippen MR) is 118 cm³/mol. The fraction of sp³-hybridized carbons (Fsp3) is 0.389. The summed E-state index contributed by atoms with van der Waals surface area (Å²) in [6, 6.07) is 6.10. The van der Waals surface area contributed by atoms with Crippen LogP contribution < -0.4 is 11.1 Å². The highest BCUT2D eigenvalue weighted by atomic mass is 79.9. The molecule has 1 aromatic carbocycles. The van der Waals surface area contributed by atoms with Crippen LogP contribution >= 0.6 is 28.7 Å². The first-order valence-electron chi connectivity index (χ1n) is 8.67. The number of rotatable bonds is 7. The van der Waals surface area contributed by atoms with Crippen molar-refractivity contribution >= 4 is 57.5 Å². The standard InChI is InChI=1S/C18H23N5O4S.BrH/c1-10-14(17(27)21-9-3-4-13(24)25)28-18(23(10)2)22-16(26)12-7-5-11(6-8-12)15(19)20;/h5-8,10,14H,3-4,9H2,1-2H3,(H3,19,20)(H,21,27)(H,24,25);1H. The average molecular weight is 486 g/mol. The number of carbonyl (C=O) groups excluding carboxylic acids is 2. The summed E-state index contributed by atoms with van der Waals surface area (Å²) in [6.45, 7) is 2.15. The van der Waals surface area contributed by atoms with E-state index < -0.39 is 17.1 Å². The summed E-state index contributed by atoms with van der Waals surface area (Å²) in [5.41, 5.74) is 6.28.